The topological polar surface area (TPSA) is 104 Å². The van der Waals surface area contributed by atoms with E-state index in [1.54, 1.807) is 25.1 Å². The van der Waals surface area contributed by atoms with Gasteiger partial charge in [-0.3, -0.25) is 4.79 Å². The Labute approximate surface area is 124 Å². The van der Waals surface area contributed by atoms with Crippen molar-refractivity contribution in [2.45, 2.75) is 23.8 Å². The normalized spacial score (nSPS) is 12.5. The van der Waals surface area contributed by atoms with Crippen LogP contribution in [0, 0.1) is 0 Å². The zero-order chi connectivity index (χ0) is 15.9. The number of hydrogen-bond acceptors (Lipinski definition) is 5. The molecule has 1 rings (SSSR count). The van der Waals surface area contributed by atoms with E-state index in [1.165, 1.54) is 12.1 Å². The summed E-state index contributed by atoms with van der Waals surface area (Å²) in [5.74, 6) is -0.695. The van der Waals surface area contributed by atoms with Crippen molar-refractivity contribution in [3.63, 3.8) is 0 Å². The van der Waals surface area contributed by atoms with Gasteiger partial charge in [-0.1, -0.05) is 25.1 Å². The monoisotopic (exact) mass is 313 g/mol. The molecule has 0 saturated heterocycles. The minimum absolute atomic E-state index is 0.0834. The summed E-state index contributed by atoms with van der Waals surface area (Å²) >= 11 is 0. The number of benzene rings is 1. The molecule has 0 fully saturated rings. The van der Waals surface area contributed by atoms with Crippen molar-refractivity contribution in [3.05, 3.63) is 41.8 Å². The Morgan fingerprint density at radius 3 is 2.29 bits per heavy atom. The summed E-state index contributed by atoms with van der Waals surface area (Å²) in [6, 6.07) is 7.71. The summed E-state index contributed by atoms with van der Waals surface area (Å²) < 4.78 is 23.9. The number of carbonyl (C=O) groups excluding carboxylic acids is 1. The third-order valence-corrected chi connectivity index (χ3v) is 4.56. The maximum absolute atomic E-state index is 11.9. The van der Waals surface area contributed by atoms with E-state index in [1.807, 2.05) is 0 Å². The minimum Gasteiger partial charge on any atom is -0.394 e. The molecule has 7 heteroatoms. The summed E-state index contributed by atoms with van der Waals surface area (Å²) in [5.41, 5.74) is -1.15. The van der Waals surface area contributed by atoms with Crippen LogP contribution >= 0.6 is 0 Å². The van der Waals surface area contributed by atoms with Gasteiger partial charge in [0.15, 0.2) is 9.84 Å². The van der Waals surface area contributed by atoms with Crippen LogP contribution in [0.25, 0.3) is 0 Å². The van der Waals surface area contributed by atoms with E-state index in [9.17, 15) is 23.4 Å². The molecule has 0 atom stereocenters. The Balaban J connectivity index is 2.83. The summed E-state index contributed by atoms with van der Waals surface area (Å²) in [6.45, 7) is 0.813. The van der Waals surface area contributed by atoms with Crippen molar-refractivity contribution in [2.24, 2.45) is 0 Å². The molecule has 0 aromatic heterocycles. The third kappa shape index (κ3) is 4.66. The smallest absolute Gasteiger partial charge is 0.245 e. The second-order valence-electron chi connectivity index (χ2n) is 4.60. The first-order valence-electron chi connectivity index (χ1n) is 6.41. The molecular weight excluding hydrogens is 294 g/mol. The quantitative estimate of drug-likeness (QED) is 0.625. The molecule has 0 bridgehead atoms. The van der Waals surface area contributed by atoms with Gasteiger partial charge in [-0.25, -0.2) is 8.42 Å². The van der Waals surface area contributed by atoms with Gasteiger partial charge in [-0.05, 0) is 18.6 Å². The summed E-state index contributed by atoms with van der Waals surface area (Å²) in [6.07, 6.45) is 1.18. The number of aliphatic hydroxyl groups excluding tert-OH is 2. The van der Waals surface area contributed by atoms with Gasteiger partial charge in [0.05, 0.1) is 23.6 Å². The lowest BCUT2D eigenvalue weighted by Gasteiger charge is -2.28. The lowest BCUT2D eigenvalue weighted by Crippen LogP contribution is -2.53. The fourth-order valence-electron chi connectivity index (χ4n) is 1.58. The first-order valence-corrected chi connectivity index (χ1v) is 7.96. The molecule has 1 aromatic carbocycles. The Morgan fingerprint density at radius 1 is 1.24 bits per heavy atom. The van der Waals surface area contributed by atoms with Crippen molar-refractivity contribution >= 4 is 15.7 Å². The van der Waals surface area contributed by atoms with E-state index in [4.69, 9.17) is 0 Å². The molecule has 0 aliphatic heterocycles. The van der Waals surface area contributed by atoms with Crippen LogP contribution in [0.4, 0.5) is 0 Å². The molecule has 0 aliphatic carbocycles. The number of amides is 1. The van der Waals surface area contributed by atoms with Gasteiger partial charge in [0.2, 0.25) is 5.91 Å². The van der Waals surface area contributed by atoms with E-state index in [0.717, 1.165) is 11.5 Å². The maximum atomic E-state index is 11.9. The van der Waals surface area contributed by atoms with Gasteiger partial charge >= 0.3 is 0 Å². The van der Waals surface area contributed by atoms with Gasteiger partial charge in [-0.15, -0.1) is 0 Å². The predicted molar refractivity (Wildman–Crippen MR) is 78.1 cm³/mol. The standard InChI is InChI=1S/C14H19NO5S/c1-2-14(10-16,11-17)15-13(18)8-9-21(19,20)12-6-4-3-5-7-12/h3-9,16-17H,2,10-11H2,1H3,(H,15,18)/b9-8+. The summed E-state index contributed by atoms with van der Waals surface area (Å²) in [4.78, 5) is 11.8. The zero-order valence-corrected chi connectivity index (χ0v) is 12.5. The molecular formula is C14H19NO5S. The van der Waals surface area contributed by atoms with Crippen molar-refractivity contribution < 1.29 is 23.4 Å². The Kier molecular flexibility index (Phi) is 6.07. The molecule has 0 aliphatic rings. The summed E-state index contributed by atoms with van der Waals surface area (Å²) in [7, 11) is -3.70. The lowest BCUT2D eigenvalue weighted by atomic mass is 9.98. The maximum Gasteiger partial charge on any atom is 0.245 e. The molecule has 0 saturated carbocycles. The van der Waals surface area contributed by atoms with Crippen LogP contribution in [-0.2, 0) is 14.6 Å². The van der Waals surface area contributed by atoms with Crippen molar-refractivity contribution in [1.82, 2.24) is 5.32 Å². The first kappa shape index (κ1) is 17.4. The van der Waals surface area contributed by atoms with Crippen LogP contribution in [0.2, 0.25) is 0 Å². The molecule has 0 heterocycles. The van der Waals surface area contributed by atoms with E-state index in [2.05, 4.69) is 5.32 Å². The Hall–Kier alpha value is -1.70. The lowest BCUT2D eigenvalue weighted by molar-refractivity contribution is -0.119. The largest absolute Gasteiger partial charge is 0.394 e. The van der Waals surface area contributed by atoms with E-state index >= 15 is 0 Å². The number of sulfone groups is 1. The molecule has 21 heavy (non-hydrogen) atoms. The number of carbonyl (C=O) groups is 1. The Morgan fingerprint density at radius 2 is 1.81 bits per heavy atom. The van der Waals surface area contributed by atoms with Crippen molar-refractivity contribution in [2.75, 3.05) is 13.2 Å². The number of hydrogen-bond donors (Lipinski definition) is 3. The zero-order valence-electron chi connectivity index (χ0n) is 11.7. The highest BCUT2D eigenvalue weighted by Crippen LogP contribution is 2.12. The number of aliphatic hydroxyl groups is 2. The van der Waals surface area contributed by atoms with Crippen LogP contribution < -0.4 is 5.32 Å². The van der Waals surface area contributed by atoms with E-state index < -0.39 is 34.5 Å². The van der Waals surface area contributed by atoms with Gasteiger partial charge in [0.25, 0.3) is 0 Å². The highest BCUT2D eigenvalue weighted by Gasteiger charge is 2.27. The second kappa shape index (κ2) is 7.35. The van der Waals surface area contributed by atoms with E-state index in [0.29, 0.717) is 6.42 Å². The first-order chi connectivity index (χ1) is 9.89. The predicted octanol–water partition coefficient (Wildman–Crippen LogP) is 0.224. The Bertz CT molecular complexity index is 583. The van der Waals surface area contributed by atoms with Gasteiger partial charge in [-0.2, -0.15) is 0 Å². The number of rotatable bonds is 7. The molecule has 0 spiro atoms. The minimum atomic E-state index is -3.70. The molecule has 6 nitrogen and oxygen atoms in total. The fourth-order valence-corrected chi connectivity index (χ4v) is 2.58. The number of nitrogens with one attached hydrogen (secondary N) is 1. The van der Waals surface area contributed by atoms with Crippen LogP contribution in [0.3, 0.4) is 0 Å². The van der Waals surface area contributed by atoms with Gasteiger partial charge in [0.1, 0.15) is 0 Å². The molecule has 3 N–H and O–H groups in total. The SMILES string of the molecule is CCC(CO)(CO)NC(=O)/C=C/S(=O)(=O)c1ccccc1. The average molecular weight is 313 g/mol. The van der Waals surface area contributed by atoms with Crippen molar-refractivity contribution in [1.29, 1.82) is 0 Å². The molecule has 116 valence electrons. The molecule has 0 radical (unpaired) electrons. The second-order valence-corrected chi connectivity index (χ2v) is 6.43. The van der Waals surface area contributed by atoms with Crippen LogP contribution in [0.1, 0.15) is 13.3 Å². The summed E-state index contributed by atoms with van der Waals surface area (Å²) in [5, 5.41) is 21.6. The fraction of sp³-hybridized carbons (Fsp3) is 0.357. The molecule has 1 aromatic rings. The van der Waals surface area contributed by atoms with Gasteiger partial charge in [0, 0.05) is 11.5 Å². The molecule has 0 unspecified atom stereocenters. The van der Waals surface area contributed by atoms with Crippen molar-refractivity contribution in [3.8, 4) is 0 Å². The van der Waals surface area contributed by atoms with Crippen LogP contribution in [0.5, 0.6) is 0 Å². The highest BCUT2D eigenvalue weighted by molar-refractivity contribution is 7.94. The van der Waals surface area contributed by atoms with Crippen LogP contribution in [0.15, 0.2) is 46.7 Å². The average Bonchev–Trinajstić information content (AvgIpc) is 2.52. The highest BCUT2D eigenvalue weighted by atomic mass is 32.2. The third-order valence-electron chi connectivity index (χ3n) is 3.14. The van der Waals surface area contributed by atoms with Gasteiger partial charge < -0.3 is 15.5 Å². The molecule has 1 amide bonds. The van der Waals surface area contributed by atoms with E-state index in [-0.39, 0.29) is 4.90 Å². The van der Waals surface area contributed by atoms with Crippen LogP contribution in [-0.4, -0.2) is 43.3 Å².